The summed E-state index contributed by atoms with van der Waals surface area (Å²) in [6.07, 6.45) is 0. The number of hydrogen-bond acceptors (Lipinski definition) is 4. The van der Waals surface area contributed by atoms with Gasteiger partial charge >= 0.3 is 0 Å². The molecule has 0 spiro atoms. The number of carbonyl (C=O) groups is 1. The quantitative estimate of drug-likeness (QED) is 0.666. The minimum Gasteiger partial charge on any atom is -0.397 e. The van der Waals surface area contributed by atoms with Crippen molar-refractivity contribution in [2.45, 2.75) is 18.9 Å². The van der Waals surface area contributed by atoms with E-state index in [1.165, 1.54) is 11.8 Å². The number of anilines is 2. The van der Waals surface area contributed by atoms with E-state index >= 15 is 0 Å². The van der Waals surface area contributed by atoms with E-state index in [4.69, 9.17) is 17.3 Å². The minimum absolute atomic E-state index is 0.130. The van der Waals surface area contributed by atoms with Gasteiger partial charge in [-0.2, -0.15) is 0 Å². The van der Waals surface area contributed by atoms with Crippen molar-refractivity contribution in [1.82, 2.24) is 4.98 Å². The van der Waals surface area contributed by atoms with Crippen molar-refractivity contribution in [3.63, 3.8) is 0 Å². The second-order valence-electron chi connectivity index (χ2n) is 4.69. The Hall–Kier alpha value is -1.72. The summed E-state index contributed by atoms with van der Waals surface area (Å²) in [5.74, 6) is 0.146. The van der Waals surface area contributed by atoms with Crippen LogP contribution < -0.4 is 11.1 Å². The van der Waals surface area contributed by atoms with Crippen LogP contribution in [-0.4, -0.2) is 16.6 Å². The van der Waals surface area contributed by atoms with Gasteiger partial charge in [-0.25, -0.2) is 4.98 Å². The highest BCUT2D eigenvalue weighted by molar-refractivity contribution is 7.99. The van der Waals surface area contributed by atoms with E-state index in [9.17, 15) is 4.79 Å². The largest absolute Gasteiger partial charge is 0.397 e. The zero-order chi connectivity index (χ0) is 15.4. The molecule has 1 heterocycles. The first-order valence-electron chi connectivity index (χ1n) is 6.37. The highest BCUT2D eigenvalue weighted by atomic mass is 35.5. The third-order valence-electron chi connectivity index (χ3n) is 2.71. The highest BCUT2D eigenvalue weighted by Crippen LogP contribution is 2.23. The zero-order valence-corrected chi connectivity index (χ0v) is 13.4. The molecule has 1 aromatic heterocycles. The molecule has 21 heavy (non-hydrogen) atoms. The Balaban J connectivity index is 1.95. The summed E-state index contributed by atoms with van der Waals surface area (Å²) in [4.78, 5) is 16.3. The molecule has 0 bridgehead atoms. The molecule has 3 N–H and O–H groups in total. The summed E-state index contributed by atoms with van der Waals surface area (Å²) in [5.41, 5.74) is 8.89. The lowest BCUT2D eigenvalue weighted by atomic mass is 10.2. The van der Waals surface area contributed by atoms with E-state index in [0.29, 0.717) is 16.4 Å². The van der Waals surface area contributed by atoms with Crippen LogP contribution in [0, 0.1) is 13.8 Å². The van der Waals surface area contributed by atoms with E-state index < -0.39 is 0 Å². The standard InChI is InChI=1S/C15H16ClN3OS/c1-9-5-10(2)18-15(6-9)21-8-14(20)19-13-4-3-11(16)7-12(13)17/h3-7H,8,17H2,1-2H3,(H,19,20). The number of thioether (sulfide) groups is 1. The van der Waals surface area contributed by atoms with Crippen molar-refractivity contribution in [3.8, 4) is 0 Å². The maximum Gasteiger partial charge on any atom is 0.234 e. The monoisotopic (exact) mass is 321 g/mol. The number of hydrogen-bond donors (Lipinski definition) is 2. The number of pyridine rings is 1. The molecule has 0 aliphatic carbocycles. The fourth-order valence-corrected chi connectivity index (χ4v) is 2.86. The van der Waals surface area contributed by atoms with Crippen molar-refractivity contribution in [1.29, 1.82) is 0 Å². The maximum absolute atomic E-state index is 11.9. The van der Waals surface area contributed by atoms with Gasteiger partial charge in [0.15, 0.2) is 0 Å². The topological polar surface area (TPSA) is 68.0 Å². The van der Waals surface area contributed by atoms with Crippen LogP contribution in [-0.2, 0) is 4.79 Å². The van der Waals surface area contributed by atoms with Gasteiger partial charge in [-0.3, -0.25) is 4.79 Å². The number of carbonyl (C=O) groups excluding carboxylic acids is 1. The van der Waals surface area contributed by atoms with Crippen molar-refractivity contribution in [2.75, 3.05) is 16.8 Å². The van der Waals surface area contributed by atoms with Crippen LogP contribution in [0.2, 0.25) is 5.02 Å². The molecule has 1 aromatic carbocycles. The van der Waals surface area contributed by atoms with Gasteiger partial charge < -0.3 is 11.1 Å². The molecule has 2 rings (SSSR count). The van der Waals surface area contributed by atoms with Crippen LogP contribution in [0.25, 0.3) is 0 Å². The summed E-state index contributed by atoms with van der Waals surface area (Å²) >= 11 is 7.21. The van der Waals surface area contributed by atoms with Gasteiger partial charge in [0.25, 0.3) is 0 Å². The Bertz CT molecular complexity index is 656. The predicted molar refractivity (Wildman–Crippen MR) is 88.9 cm³/mol. The fourth-order valence-electron chi connectivity index (χ4n) is 1.85. The number of nitrogen functional groups attached to an aromatic ring is 1. The first kappa shape index (κ1) is 15.7. The Morgan fingerprint density at radius 3 is 2.76 bits per heavy atom. The average molecular weight is 322 g/mol. The molecular weight excluding hydrogens is 306 g/mol. The lowest BCUT2D eigenvalue weighted by Gasteiger charge is -2.08. The van der Waals surface area contributed by atoms with Crippen molar-refractivity contribution >= 4 is 40.6 Å². The van der Waals surface area contributed by atoms with Crippen LogP contribution in [0.3, 0.4) is 0 Å². The lowest BCUT2D eigenvalue weighted by Crippen LogP contribution is -2.15. The summed E-state index contributed by atoms with van der Waals surface area (Å²) in [6.45, 7) is 3.94. The van der Waals surface area contributed by atoms with E-state index in [-0.39, 0.29) is 11.7 Å². The minimum atomic E-state index is -0.130. The number of rotatable bonds is 4. The third kappa shape index (κ3) is 4.65. The Morgan fingerprint density at radius 1 is 1.33 bits per heavy atom. The number of halogens is 1. The highest BCUT2D eigenvalue weighted by Gasteiger charge is 2.07. The average Bonchev–Trinajstić information content (AvgIpc) is 2.39. The van der Waals surface area contributed by atoms with Crippen molar-refractivity contribution in [3.05, 3.63) is 46.6 Å². The fraction of sp³-hybridized carbons (Fsp3) is 0.200. The molecular formula is C15H16ClN3OS. The van der Waals surface area contributed by atoms with Crippen molar-refractivity contribution < 1.29 is 4.79 Å². The maximum atomic E-state index is 11.9. The van der Waals surface area contributed by atoms with E-state index in [1.54, 1.807) is 18.2 Å². The van der Waals surface area contributed by atoms with Gasteiger partial charge in [-0.05, 0) is 49.7 Å². The van der Waals surface area contributed by atoms with Crippen LogP contribution in [0.4, 0.5) is 11.4 Å². The molecule has 6 heteroatoms. The molecule has 110 valence electrons. The molecule has 2 aromatic rings. The Kier molecular flexibility index (Phi) is 5.09. The number of aromatic nitrogens is 1. The molecule has 0 saturated heterocycles. The van der Waals surface area contributed by atoms with Gasteiger partial charge in [0.05, 0.1) is 22.2 Å². The Labute approximate surface area is 133 Å². The second-order valence-corrected chi connectivity index (χ2v) is 6.12. The second kappa shape index (κ2) is 6.83. The molecule has 0 unspecified atom stereocenters. The Morgan fingerprint density at radius 2 is 2.10 bits per heavy atom. The van der Waals surface area contributed by atoms with E-state index in [2.05, 4.69) is 10.3 Å². The smallest absolute Gasteiger partial charge is 0.234 e. The van der Waals surface area contributed by atoms with Gasteiger partial charge in [-0.15, -0.1) is 0 Å². The number of nitrogens with two attached hydrogens (primary N) is 1. The first-order valence-corrected chi connectivity index (χ1v) is 7.73. The predicted octanol–water partition coefficient (Wildman–Crippen LogP) is 3.66. The summed E-state index contributed by atoms with van der Waals surface area (Å²) < 4.78 is 0. The molecule has 0 aliphatic rings. The zero-order valence-electron chi connectivity index (χ0n) is 11.8. The normalized spacial score (nSPS) is 10.4. The van der Waals surface area contributed by atoms with Gasteiger partial charge in [0.1, 0.15) is 0 Å². The van der Waals surface area contributed by atoms with Crippen molar-refractivity contribution in [2.24, 2.45) is 0 Å². The summed E-state index contributed by atoms with van der Waals surface area (Å²) in [7, 11) is 0. The molecule has 1 amide bonds. The SMILES string of the molecule is Cc1cc(C)nc(SCC(=O)Nc2ccc(Cl)cc2N)c1. The molecule has 4 nitrogen and oxygen atoms in total. The van der Waals surface area contributed by atoms with Crippen LogP contribution >= 0.6 is 23.4 Å². The van der Waals surface area contributed by atoms with Gasteiger partial charge in [0.2, 0.25) is 5.91 Å². The summed E-state index contributed by atoms with van der Waals surface area (Å²) in [6, 6.07) is 8.94. The number of amides is 1. The first-order chi connectivity index (χ1) is 9.94. The molecule has 0 fully saturated rings. The summed E-state index contributed by atoms with van der Waals surface area (Å²) in [5, 5.41) is 4.15. The van der Waals surface area contributed by atoms with Crippen LogP contribution in [0.1, 0.15) is 11.3 Å². The molecule has 0 aliphatic heterocycles. The van der Waals surface area contributed by atoms with Crippen LogP contribution in [0.5, 0.6) is 0 Å². The number of benzene rings is 1. The number of aryl methyl sites for hydroxylation is 2. The van der Waals surface area contributed by atoms with E-state index in [1.807, 2.05) is 26.0 Å². The molecule has 0 radical (unpaired) electrons. The number of nitrogens with zero attached hydrogens (tertiary/aromatic N) is 1. The van der Waals surface area contributed by atoms with E-state index in [0.717, 1.165) is 16.3 Å². The van der Waals surface area contributed by atoms with Gasteiger partial charge in [-0.1, -0.05) is 23.4 Å². The third-order valence-corrected chi connectivity index (χ3v) is 3.86. The van der Waals surface area contributed by atoms with Gasteiger partial charge in [0, 0.05) is 10.7 Å². The lowest BCUT2D eigenvalue weighted by molar-refractivity contribution is -0.113. The number of nitrogens with one attached hydrogen (secondary N) is 1. The molecule has 0 saturated carbocycles. The van der Waals surface area contributed by atoms with Crippen LogP contribution in [0.15, 0.2) is 35.4 Å². The molecule has 0 atom stereocenters.